The Morgan fingerprint density at radius 2 is 2.15 bits per heavy atom. The van der Waals surface area contributed by atoms with E-state index < -0.39 is 6.10 Å². The van der Waals surface area contributed by atoms with Crippen LogP contribution in [0.5, 0.6) is 5.75 Å². The number of hydrogen-bond acceptors (Lipinski definition) is 3. The van der Waals surface area contributed by atoms with E-state index in [4.69, 9.17) is 10.5 Å². The molecule has 1 heterocycles. The fourth-order valence-electron chi connectivity index (χ4n) is 2.44. The molecule has 0 radical (unpaired) electrons. The average Bonchev–Trinajstić information content (AvgIpc) is 2.46. The number of fused-ring (bicyclic) bond motifs is 1. The standard InChI is InChI=1S/C16H24N2O2/c1-4-6-9-18-14-10-12(13(17)5-2)7-8-15(14)20-11(3)16(18)19/h7-8,10-11,13H,4-6,9,17H2,1-3H3. The highest BCUT2D eigenvalue weighted by Crippen LogP contribution is 2.36. The van der Waals surface area contributed by atoms with Crippen molar-refractivity contribution in [2.45, 2.75) is 52.2 Å². The summed E-state index contributed by atoms with van der Waals surface area (Å²) in [5.74, 6) is 0.813. The molecular weight excluding hydrogens is 252 g/mol. The van der Waals surface area contributed by atoms with Gasteiger partial charge in [-0.15, -0.1) is 0 Å². The number of ether oxygens (including phenoxy) is 1. The Morgan fingerprint density at radius 3 is 2.80 bits per heavy atom. The first-order valence-corrected chi connectivity index (χ1v) is 7.46. The van der Waals surface area contributed by atoms with Gasteiger partial charge in [0.2, 0.25) is 0 Å². The first-order chi connectivity index (χ1) is 9.58. The third-order valence-corrected chi connectivity index (χ3v) is 3.79. The molecule has 0 spiro atoms. The number of nitrogens with two attached hydrogens (primary N) is 1. The van der Waals surface area contributed by atoms with Gasteiger partial charge in [-0.2, -0.15) is 0 Å². The predicted octanol–water partition coefficient (Wildman–Crippen LogP) is 3.01. The smallest absolute Gasteiger partial charge is 0.267 e. The van der Waals surface area contributed by atoms with Crippen LogP contribution in [0.2, 0.25) is 0 Å². The molecule has 1 amide bonds. The van der Waals surface area contributed by atoms with Gasteiger partial charge in [-0.25, -0.2) is 0 Å². The van der Waals surface area contributed by atoms with E-state index in [-0.39, 0.29) is 11.9 Å². The quantitative estimate of drug-likeness (QED) is 0.899. The van der Waals surface area contributed by atoms with E-state index in [9.17, 15) is 4.79 Å². The number of amides is 1. The van der Waals surface area contributed by atoms with E-state index in [1.165, 1.54) is 0 Å². The molecule has 1 aromatic rings. The lowest BCUT2D eigenvalue weighted by Crippen LogP contribution is -2.45. The summed E-state index contributed by atoms with van der Waals surface area (Å²) in [6.45, 7) is 6.72. The van der Waals surface area contributed by atoms with Crippen molar-refractivity contribution in [2.24, 2.45) is 5.73 Å². The molecule has 2 unspecified atom stereocenters. The Hall–Kier alpha value is -1.55. The van der Waals surface area contributed by atoms with Crippen molar-refractivity contribution >= 4 is 11.6 Å². The molecule has 0 fully saturated rings. The number of nitrogens with zero attached hydrogens (tertiary/aromatic N) is 1. The summed E-state index contributed by atoms with van der Waals surface area (Å²) in [4.78, 5) is 14.2. The minimum absolute atomic E-state index is 0.00257. The molecule has 0 aromatic heterocycles. The van der Waals surface area contributed by atoms with Gasteiger partial charge >= 0.3 is 0 Å². The number of carbonyl (C=O) groups is 1. The van der Waals surface area contributed by atoms with Crippen LogP contribution in [0.4, 0.5) is 5.69 Å². The minimum atomic E-state index is -0.412. The summed E-state index contributed by atoms with van der Waals surface area (Å²) in [6.07, 6.45) is 2.51. The monoisotopic (exact) mass is 276 g/mol. The summed E-state index contributed by atoms with van der Waals surface area (Å²) >= 11 is 0. The second kappa shape index (κ2) is 6.27. The van der Waals surface area contributed by atoms with Gasteiger partial charge in [0.05, 0.1) is 5.69 Å². The van der Waals surface area contributed by atoms with Crippen LogP contribution >= 0.6 is 0 Å². The first kappa shape index (κ1) is 14.9. The number of carbonyl (C=O) groups excluding carboxylic acids is 1. The van der Waals surface area contributed by atoms with Gasteiger partial charge in [-0.05, 0) is 37.5 Å². The molecule has 4 nitrogen and oxygen atoms in total. The van der Waals surface area contributed by atoms with Crippen molar-refractivity contribution < 1.29 is 9.53 Å². The zero-order valence-electron chi connectivity index (χ0n) is 12.6. The Morgan fingerprint density at radius 1 is 1.40 bits per heavy atom. The molecule has 1 aromatic carbocycles. The van der Waals surface area contributed by atoms with Crippen molar-refractivity contribution in [1.29, 1.82) is 0 Å². The molecule has 2 rings (SSSR count). The van der Waals surface area contributed by atoms with E-state index in [1.807, 2.05) is 23.1 Å². The molecule has 0 saturated carbocycles. The number of hydrogen-bond donors (Lipinski definition) is 1. The van der Waals surface area contributed by atoms with Crippen LogP contribution in [0.3, 0.4) is 0 Å². The lowest BCUT2D eigenvalue weighted by molar-refractivity contribution is -0.125. The summed E-state index contributed by atoms with van der Waals surface area (Å²) in [5.41, 5.74) is 8.01. The Labute approximate surface area is 120 Å². The molecule has 1 aliphatic heterocycles. The SMILES string of the molecule is CCCCN1C(=O)C(C)Oc2ccc(C(N)CC)cc21. The van der Waals surface area contributed by atoms with Crippen LogP contribution in [0.15, 0.2) is 18.2 Å². The molecule has 20 heavy (non-hydrogen) atoms. The zero-order chi connectivity index (χ0) is 14.7. The molecule has 0 bridgehead atoms. The van der Waals surface area contributed by atoms with Crippen molar-refractivity contribution in [3.63, 3.8) is 0 Å². The highest BCUT2D eigenvalue weighted by atomic mass is 16.5. The van der Waals surface area contributed by atoms with Gasteiger partial charge in [0.25, 0.3) is 5.91 Å². The number of benzene rings is 1. The zero-order valence-corrected chi connectivity index (χ0v) is 12.6. The lowest BCUT2D eigenvalue weighted by atomic mass is 10.0. The number of unbranched alkanes of at least 4 members (excludes halogenated alkanes) is 1. The van der Waals surface area contributed by atoms with Crippen LogP contribution in [-0.2, 0) is 4.79 Å². The van der Waals surface area contributed by atoms with Crippen molar-refractivity contribution in [1.82, 2.24) is 0 Å². The Balaban J connectivity index is 2.37. The second-order valence-electron chi connectivity index (χ2n) is 5.35. The summed E-state index contributed by atoms with van der Waals surface area (Å²) in [7, 11) is 0. The van der Waals surface area contributed by atoms with Crippen molar-refractivity contribution in [3.05, 3.63) is 23.8 Å². The van der Waals surface area contributed by atoms with Crippen molar-refractivity contribution in [3.8, 4) is 5.75 Å². The summed E-state index contributed by atoms with van der Waals surface area (Å²) in [5, 5.41) is 0. The van der Waals surface area contributed by atoms with Crippen LogP contribution in [0.25, 0.3) is 0 Å². The van der Waals surface area contributed by atoms with Crippen LogP contribution in [0.1, 0.15) is 51.6 Å². The van der Waals surface area contributed by atoms with Gasteiger partial charge in [0.1, 0.15) is 5.75 Å². The summed E-state index contributed by atoms with van der Waals surface area (Å²) in [6, 6.07) is 5.93. The maximum Gasteiger partial charge on any atom is 0.267 e. The first-order valence-electron chi connectivity index (χ1n) is 7.46. The highest BCUT2D eigenvalue weighted by Gasteiger charge is 2.31. The Kier molecular flexibility index (Phi) is 4.65. The number of rotatable bonds is 5. The number of anilines is 1. The maximum atomic E-state index is 12.3. The molecule has 2 N–H and O–H groups in total. The molecule has 0 aliphatic carbocycles. The van der Waals surface area contributed by atoms with E-state index >= 15 is 0 Å². The topological polar surface area (TPSA) is 55.6 Å². The molecule has 4 heteroatoms. The van der Waals surface area contributed by atoms with Crippen molar-refractivity contribution in [2.75, 3.05) is 11.4 Å². The molecular formula is C16H24N2O2. The fourth-order valence-corrected chi connectivity index (χ4v) is 2.44. The maximum absolute atomic E-state index is 12.3. The van der Waals surface area contributed by atoms with Gasteiger partial charge in [0, 0.05) is 12.6 Å². The third-order valence-electron chi connectivity index (χ3n) is 3.79. The van der Waals surface area contributed by atoms with E-state index in [0.717, 1.165) is 42.8 Å². The average molecular weight is 276 g/mol. The van der Waals surface area contributed by atoms with E-state index in [0.29, 0.717) is 0 Å². The largest absolute Gasteiger partial charge is 0.479 e. The normalized spacial score (nSPS) is 19.5. The van der Waals surface area contributed by atoms with Gasteiger partial charge in [0.15, 0.2) is 6.10 Å². The van der Waals surface area contributed by atoms with Crippen LogP contribution in [-0.4, -0.2) is 18.6 Å². The minimum Gasteiger partial charge on any atom is -0.479 e. The van der Waals surface area contributed by atoms with Gasteiger partial charge in [-0.3, -0.25) is 4.79 Å². The molecule has 0 saturated heterocycles. The summed E-state index contributed by atoms with van der Waals surface area (Å²) < 4.78 is 5.69. The molecule has 2 atom stereocenters. The van der Waals surface area contributed by atoms with Crippen LogP contribution < -0.4 is 15.4 Å². The highest BCUT2D eigenvalue weighted by molar-refractivity contribution is 5.99. The fraction of sp³-hybridized carbons (Fsp3) is 0.562. The van der Waals surface area contributed by atoms with E-state index in [1.54, 1.807) is 6.92 Å². The van der Waals surface area contributed by atoms with E-state index in [2.05, 4.69) is 13.8 Å². The lowest BCUT2D eigenvalue weighted by Gasteiger charge is -2.33. The molecule has 110 valence electrons. The van der Waals surface area contributed by atoms with Gasteiger partial charge in [-0.1, -0.05) is 26.3 Å². The predicted molar refractivity (Wildman–Crippen MR) is 81.0 cm³/mol. The van der Waals surface area contributed by atoms with Gasteiger partial charge < -0.3 is 15.4 Å². The molecule has 1 aliphatic rings. The third kappa shape index (κ3) is 2.80. The second-order valence-corrected chi connectivity index (χ2v) is 5.35. The van der Waals surface area contributed by atoms with Crippen LogP contribution in [0, 0.1) is 0 Å². The Bertz CT molecular complexity index is 487.